The van der Waals surface area contributed by atoms with Gasteiger partial charge in [0.05, 0.1) is 0 Å². The number of thioether (sulfide) groups is 2. The lowest BCUT2D eigenvalue weighted by Crippen LogP contribution is -2.38. The highest BCUT2D eigenvalue weighted by Gasteiger charge is 2.53. The average molecular weight is 565 g/mol. The summed E-state index contributed by atoms with van der Waals surface area (Å²) < 4.78 is -0.269. The van der Waals surface area contributed by atoms with Crippen LogP contribution < -0.4 is 0 Å². The summed E-state index contributed by atoms with van der Waals surface area (Å²) in [7, 11) is 0. The Balaban J connectivity index is 1.42. The molecule has 0 bridgehead atoms. The molecule has 0 nitrogen and oxygen atoms in total. The second-order valence-electron chi connectivity index (χ2n) is 13.8. The van der Waals surface area contributed by atoms with E-state index in [1.807, 2.05) is 0 Å². The Morgan fingerprint density at radius 2 is 0.878 bits per heavy atom. The third-order valence-corrected chi connectivity index (χ3v) is 14.1. The molecule has 10 rings (SSSR count). The standard InChI is InChI=1S/C39H32S2/c1-37(2)31-9-5-7-27-29-17-23-13-11-21(23)15-25(29)19-33(35(27)31)39(40-37)34-20-26-16-22-12-14-24(22)18-30(26)28-8-6-10-32(36(28)34)38(3,4)41-39/h5-10,15-20H,11-14H2,1-4H3. The van der Waals surface area contributed by atoms with Crippen LogP contribution in [0.15, 0.2) is 72.8 Å². The fourth-order valence-electron chi connectivity index (χ4n) is 8.56. The fourth-order valence-corrected chi connectivity index (χ4v) is 13.1. The van der Waals surface area contributed by atoms with Crippen LogP contribution in [0, 0.1) is 0 Å². The van der Waals surface area contributed by atoms with E-state index < -0.39 is 0 Å². The van der Waals surface area contributed by atoms with Crippen molar-refractivity contribution < 1.29 is 0 Å². The number of aryl methyl sites for hydroxylation is 4. The van der Waals surface area contributed by atoms with Crippen LogP contribution in [0.4, 0.5) is 0 Å². The van der Waals surface area contributed by atoms with Gasteiger partial charge in [0.15, 0.2) is 0 Å². The van der Waals surface area contributed by atoms with Crippen molar-refractivity contribution in [3.05, 3.63) is 117 Å². The van der Waals surface area contributed by atoms with E-state index in [0.29, 0.717) is 0 Å². The third-order valence-electron chi connectivity index (χ3n) is 10.7. The Hall–Kier alpha value is -2.94. The molecule has 0 unspecified atom stereocenters. The molecule has 1 spiro atoms. The molecule has 0 saturated carbocycles. The molecule has 0 aromatic heterocycles. The minimum absolute atomic E-state index is 0.0306. The molecule has 4 aliphatic rings. The Kier molecular flexibility index (Phi) is 4.22. The van der Waals surface area contributed by atoms with Gasteiger partial charge in [0.25, 0.3) is 0 Å². The zero-order chi connectivity index (χ0) is 27.5. The van der Waals surface area contributed by atoms with Gasteiger partial charge < -0.3 is 0 Å². The normalized spacial score (nSPS) is 20.2. The largest absolute Gasteiger partial charge is 0.123 e. The monoisotopic (exact) mass is 564 g/mol. The Labute approximate surface area is 249 Å². The topological polar surface area (TPSA) is 0 Å². The van der Waals surface area contributed by atoms with Crippen molar-refractivity contribution in [3.63, 3.8) is 0 Å². The van der Waals surface area contributed by atoms with E-state index in [0.717, 1.165) is 0 Å². The van der Waals surface area contributed by atoms with E-state index in [9.17, 15) is 0 Å². The molecular weight excluding hydrogens is 533 g/mol. The minimum Gasteiger partial charge on any atom is -0.123 e. The van der Waals surface area contributed by atoms with Crippen molar-refractivity contribution in [1.82, 2.24) is 0 Å². The Bertz CT molecular complexity index is 2060. The highest BCUT2D eigenvalue weighted by atomic mass is 32.2. The number of hydrogen-bond acceptors (Lipinski definition) is 2. The fraction of sp³-hybridized carbons (Fsp3) is 0.282. The van der Waals surface area contributed by atoms with E-state index >= 15 is 0 Å². The first kappa shape index (κ1) is 23.6. The van der Waals surface area contributed by atoms with Crippen molar-refractivity contribution in [2.45, 2.75) is 67.0 Å². The van der Waals surface area contributed by atoms with Gasteiger partial charge in [-0.05, 0) is 153 Å². The number of fused-ring (bicyclic) bond motifs is 8. The molecular formula is C39H32S2. The van der Waals surface area contributed by atoms with Gasteiger partial charge in [-0.15, -0.1) is 23.5 Å². The van der Waals surface area contributed by atoms with Crippen LogP contribution in [-0.2, 0) is 39.3 Å². The van der Waals surface area contributed by atoms with E-state index in [2.05, 4.69) is 124 Å². The zero-order valence-electron chi connectivity index (χ0n) is 24.1. The second kappa shape index (κ2) is 7.33. The summed E-state index contributed by atoms with van der Waals surface area (Å²) in [6.07, 6.45) is 4.88. The summed E-state index contributed by atoms with van der Waals surface area (Å²) in [5, 5.41) is 11.6. The molecule has 0 saturated heterocycles. The lowest BCUT2D eigenvalue weighted by Gasteiger charge is -2.52. The summed E-state index contributed by atoms with van der Waals surface area (Å²) in [6, 6.07) is 29.5. The minimum atomic E-state index is -0.208. The molecule has 2 heteroatoms. The number of hydrogen-bond donors (Lipinski definition) is 0. The molecule has 200 valence electrons. The first-order valence-electron chi connectivity index (χ1n) is 15.2. The lowest BCUT2D eigenvalue weighted by atomic mass is 9.79. The molecule has 0 fully saturated rings. The summed E-state index contributed by atoms with van der Waals surface area (Å²) in [4.78, 5) is 0. The Morgan fingerprint density at radius 3 is 1.29 bits per heavy atom. The van der Waals surface area contributed by atoms with Crippen LogP contribution in [0.2, 0.25) is 0 Å². The summed E-state index contributed by atoms with van der Waals surface area (Å²) in [5.41, 5.74) is 12.2. The van der Waals surface area contributed by atoms with Crippen LogP contribution in [-0.4, -0.2) is 0 Å². The van der Waals surface area contributed by atoms with Gasteiger partial charge in [-0.3, -0.25) is 0 Å². The van der Waals surface area contributed by atoms with Crippen LogP contribution in [0.1, 0.15) is 72.2 Å². The summed E-state index contributed by atoms with van der Waals surface area (Å²) >= 11 is 4.38. The van der Waals surface area contributed by atoms with Crippen LogP contribution in [0.25, 0.3) is 43.1 Å². The molecule has 0 radical (unpaired) electrons. The van der Waals surface area contributed by atoms with Gasteiger partial charge in [-0.25, -0.2) is 0 Å². The van der Waals surface area contributed by atoms with Gasteiger partial charge in [0.1, 0.15) is 4.08 Å². The molecule has 2 aliphatic carbocycles. The zero-order valence-corrected chi connectivity index (χ0v) is 25.7. The second-order valence-corrected chi connectivity index (χ2v) is 17.8. The van der Waals surface area contributed by atoms with Crippen LogP contribution >= 0.6 is 23.5 Å². The molecule has 2 heterocycles. The van der Waals surface area contributed by atoms with E-state index in [4.69, 9.17) is 0 Å². The summed E-state index contributed by atoms with van der Waals surface area (Å²) in [6.45, 7) is 9.87. The highest BCUT2D eigenvalue weighted by molar-refractivity contribution is 8.18. The van der Waals surface area contributed by atoms with Crippen molar-refractivity contribution in [3.8, 4) is 0 Å². The predicted molar refractivity (Wildman–Crippen MR) is 180 cm³/mol. The van der Waals surface area contributed by atoms with Crippen LogP contribution in [0.3, 0.4) is 0 Å². The van der Waals surface area contributed by atoms with Crippen LogP contribution in [0.5, 0.6) is 0 Å². The average Bonchev–Trinajstić information content (AvgIpc) is 2.91. The smallest absolute Gasteiger partial charge is 0.114 e. The molecule has 2 aliphatic heterocycles. The van der Waals surface area contributed by atoms with Gasteiger partial charge in [-0.2, -0.15) is 0 Å². The summed E-state index contributed by atoms with van der Waals surface area (Å²) in [5.74, 6) is 0. The quantitative estimate of drug-likeness (QED) is 0.168. The lowest BCUT2D eigenvalue weighted by molar-refractivity contribution is 0.746. The maximum Gasteiger partial charge on any atom is 0.114 e. The molecule has 0 N–H and O–H groups in total. The van der Waals surface area contributed by atoms with E-state index in [1.54, 1.807) is 22.3 Å². The van der Waals surface area contributed by atoms with Crippen molar-refractivity contribution >= 4 is 66.6 Å². The first-order chi connectivity index (χ1) is 19.7. The maximum atomic E-state index is 2.60. The van der Waals surface area contributed by atoms with Gasteiger partial charge >= 0.3 is 0 Å². The van der Waals surface area contributed by atoms with Gasteiger partial charge in [0, 0.05) is 9.49 Å². The number of rotatable bonds is 0. The van der Waals surface area contributed by atoms with Gasteiger partial charge in [-0.1, -0.05) is 60.7 Å². The number of benzene rings is 6. The molecule has 0 amide bonds. The Morgan fingerprint density at radius 1 is 0.463 bits per heavy atom. The SMILES string of the molecule is CC1(C)SC2(SC(C)(C)c3cccc4c3c2cc2cc3c(cc24)CC3)c2cc3cc4c(cc3c3cccc1c23)CC4. The van der Waals surface area contributed by atoms with Crippen molar-refractivity contribution in [1.29, 1.82) is 0 Å². The maximum absolute atomic E-state index is 2.60. The van der Waals surface area contributed by atoms with E-state index in [1.165, 1.54) is 91.0 Å². The first-order valence-corrected chi connectivity index (χ1v) is 16.8. The third kappa shape index (κ3) is 2.82. The highest BCUT2D eigenvalue weighted by Crippen LogP contribution is 2.71. The van der Waals surface area contributed by atoms with Crippen molar-refractivity contribution in [2.24, 2.45) is 0 Å². The molecule has 6 aromatic carbocycles. The predicted octanol–water partition coefficient (Wildman–Crippen LogP) is 10.7. The molecule has 41 heavy (non-hydrogen) atoms. The van der Waals surface area contributed by atoms with E-state index in [-0.39, 0.29) is 13.6 Å². The van der Waals surface area contributed by atoms with Gasteiger partial charge in [0.2, 0.25) is 0 Å². The van der Waals surface area contributed by atoms with Crippen molar-refractivity contribution in [2.75, 3.05) is 0 Å². The molecule has 6 aromatic rings. The molecule has 0 atom stereocenters.